The molecular formula is C11H19NO. The van der Waals surface area contributed by atoms with Gasteiger partial charge in [-0.15, -0.1) is 0 Å². The van der Waals surface area contributed by atoms with Gasteiger partial charge in [-0.2, -0.15) is 0 Å². The number of hydrogen-bond donors (Lipinski definition) is 1. The van der Waals surface area contributed by atoms with Gasteiger partial charge in [-0.05, 0) is 19.3 Å². The lowest BCUT2D eigenvalue weighted by Crippen LogP contribution is -2.41. The van der Waals surface area contributed by atoms with Crippen molar-refractivity contribution in [3.63, 3.8) is 0 Å². The van der Waals surface area contributed by atoms with E-state index in [-0.39, 0.29) is 11.3 Å². The van der Waals surface area contributed by atoms with Crippen LogP contribution in [0.4, 0.5) is 0 Å². The van der Waals surface area contributed by atoms with E-state index in [1.54, 1.807) is 0 Å². The Labute approximate surface area is 80.4 Å². The Balaban J connectivity index is 2.40. The van der Waals surface area contributed by atoms with Gasteiger partial charge in [0.2, 0.25) is 5.91 Å². The van der Waals surface area contributed by atoms with E-state index >= 15 is 0 Å². The Hall–Kier alpha value is -0.790. The molecule has 0 radical (unpaired) electrons. The van der Waals surface area contributed by atoms with Gasteiger partial charge in [-0.1, -0.05) is 32.9 Å². The van der Waals surface area contributed by atoms with Crippen molar-refractivity contribution in [2.45, 2.75) is 46.1 Å². The molecule has 0 atom stereocenters. The predicted octanol–water partition coefficient (Wildman–Crippen LogP) is 2.26. The van der Waals surface area contributed by atoms with E-state index < -0.39 is 0 Å². The fourth-order valence-electron chi connectivity index (χ4n) is 1.28. The minimum Gasteiger partial charge on any atom is -0.352 e. The maximum absolute atomic E-state index is 11.7. The van der Waals surface area contributed by atoms with Gasteiger partial charge in [0.25, 0.3) is 0 Å². The van der Waals surface area contributed by atoms with E-state index in [1.165, 1.54) is 0 Å². The highest BCUT2D eigenvalue weighted by Gasteiger charge is 2.27. The van der Waals surface area contributed by atoms with E-state index in [0.29, 0.717) is 6.04 Å². The third-order valence-corrected chi connectivity index (χ3v) is 2.84. The molecule has 0 aromatic carbocycles. The topological polar surface area (TPSA) is 29.1 Å². The van der Waals surface area contributed by atoms with Crippen LogP contribution >= 0.6 is 0 Å². The Kier molecular flexibility index (Phi) is 3.12. The molecule has 1 N–H and O–H groups in total. The fourth-order valence-corrected chi connectivity index (χ4v) is 1.28. The number of carbonyl (C=O) groups excluding carboxylic acids is 1. The second kappa shape index (κ2) is 3.95. The molecule has 0 heterocycles. The summed E-state index contributed by atoms with van der Waals surface area (Å²) < 4.78 is 0. The van der Waals surface area contributed by atoms with E-state index in [1.807, 2.05) is 20.8 Å². The van der Waals surface area contributed by atoms with E-state index in [9.17, 15) is 4.79 Å². The minimum absolute atomic E-state index is 0.184. The van der Waals surface area contributed by atoms with Crippen LogP contribution in [0.5, 0.6) is 0 Å². The van der Waals surface area contributed by atoms with Gasteiger partial charge in [-0.3, -0.25) is 4.79 Å². The van der Waals surface area contributed by atoms with Crippen LogP contribution in [-0.4, -0.2) is 11.9 Å². The summed E-state index contributed by atoms with van der Waals surface area (Å²) in [5.74, 6) is 0.184. The summed E-state index contributed by atoms with van der Waals surface area (Å²) in [4.78, 5) is 11.7. The zero-order valence-corrected chi connectivity index (χ0v) is 8.76. The lowest BCUT2D eigenvalue weighted by atomic mass is 9.89. The Morgan fingerprint density at radius 3 is 2.46 bits per heavy atom. The van der Waals surface area contributed by atoms with Gasteiger partial charge in [0, 0.05) is 11.5 Å². The van der Waals surface area contributed by atoms with Crippen LogP contribution in [0.2, 0.25) is 0 Å². The molecule has 0 saturated heterocycles. The molecule has 0 fully saturated rings. The summed E-state index contributed by atoms with van der Waals surface area (Å²) in [7, 11) is 0. The molecule has 2 nitrogen and oxygen atoms in total. The van der Waals surface area contributed by atoms with Crippen LogP contribution in [0.3, 0.4) is 0 Å². The summed E-state index contributed by atoms with van der Waals surface area (Å²) in [6.07, 6.45) is 7.13. The van der Waals surface area contributed by atoms with Crippen LogP contribution < -0.4 is 5.32 Å². The molecular weight excluding hydrogens is 162 g/mol. The lowest BCUT2D eigenvalue weighted by Gasteiger charge is -2.24. The second-order valence-electron chi connectivity index (χ2n) is 4.35. The van der Waals surface area contributed by atoms with Crippen molar-refractivity contribution >= 4 is 5.91 Å². The molecule has 0 unspecified atom stereocenters. The van der Waals surface area contributed by atoms with Crippen LogP contribution in [0, 0.1) is 5.41 Å². The standard InChI is InChI=1S/C11H19NO/c1-4-11(2,3)10(13)12-9-7-5-6-8-9/h5-6,9H,4,7-8H2,1-3H3,(H,12,13). The first kappa shape index (κ1) is 10.3. The van der Waals surface area contributed by atoms with Gasteiger partial charge in [0.1, 0.15) is 0 Å². The first-order valence-electron chi connectivity index (χ1n) is 5.02. The Morgan fingerprint density at radius 2 is 2.00 bits per heavy atom. The molecule has 0 spiro atoms. The van der Waals surface area contributed by atoms with Gasteiger partial charge in [0.05, 0.1) is 0 Å². The van der Waals surface area contributed by atoms with Gasteiger partial charge in [-0.25, -0.2) is 0 Å². The van der Waals surface area contributed by atoms with Crippen molar-refractivity contribution in [1.82, 2.24) is 5.32 Å². The summed E-state index contributed by atoms with van der Waals surface area (Å²) in [6.45, 7) is 6.03. The molecule has 2 heteroatoms. The van der Waals surface area contributed by atoms with Crippen molar-refractivity contribution in [3.8, 4) is 0 Å². The van der Waals surface area contributed by atoms with E-state index in [4.69, 9.17) is 0 Å². The van der Waals surface area contributed by atoms with Crippen LogP contribution in [0.1, 0.15) is 40.0 Å². The maximum Gasteiger partial charge on any atom is 0.225 e. The molecule has 13 heavy (non-hydrogen) atoms. The zero-order chi connectivity index (χ0) is 9.90. The number of rotatable bonds is 3. The molecule has 1 rings (SSSR count). The largest absolute Gasteiger partial charge is 0.352 e. The maximum atomic E-state index is 11.7. The number of nitrogens with one attached hydrogen (secondary N) is 1. The Morgan fingerprint density at radius 1 is 1.46 bits per heavy atom. The molecule has 0 aliphatic heterocycles. The smallest absolute Gasteiger partial charge is 0.225 e. The third-order valence-electron chi connectivity index (χ3n) is 2.84. The highest BCUT2D eigenvalue weighted by molar-refractivity contribution is 5.82. The van der Waals surface area contributed by atoms with Gasteiger partial charge >= 0.3 is 0 Å². The molecule has 0 aromatic heterocycles. The first-order chi connectivity index (χ1) is 6.06. The molecule has 1 amide bonds. The zero-order valence-electron chi connectivity index (χ0n) is 8.76. The number of carbonyl (C=O) groups is 1. The van der Waals surface area contributed by atoms with Crippen LogP contribution in [0.25, 0.3) is 0 Å². The average molecular weight is 181 g/mol. The molecule has 1 aliphatic carbocycles. The van der Waals surface area contributed by atoms with Crippen molar-refractivity contribution in [2.24, 2.45) is 5.41 Å². The second-order valence-corrected chi connectivity index (χ2v) is 4.35. The molecule has 0 saturated carbocycles. The van der Waals surface area contributed by atoms with E-state index in [2.05, 4.69) is 17.5 Å². The normalized spacial score (nSPS) is 17.8. The molecule has 0 aromatic rings. The predicted molar refractivity (Wildman–Crippen MR) is 54.4 cm³/mol. The van der Waals surface area contributed by atoms with Crippen molar-refractivity contribution < 1.29 is 4.79 Å². The summed E-state index contributed by atoms with van der Waals surface area (Å²) in [5.41, 5.74) is -0.220. The highest BCUT2D eigenvalue weighted by atomic mass is 16.2. The number of amides is 1. The Bertz CT molecular complexity index is 210. The molecule has 1 aliphatic rings. The SMILES string of the molecule is CCC(C)(C)C(=O)NC1CC=CC1. The van der Waals surface area contributed by atoms with Crippen molar-refractivity contribution in [1.29, 1.82) is 0 Å². The van der Waals surface area contributed by atoms with Gasteiger partial charge in [0.15, 0.2) is 0 Å². The summed E-state index contributed by atoms with van der Waals surface area (Å²) >= 11 is 0. The van der Waals surface area contributed by atoms with Gasteiger partial charge < -0.3 is 5.32 Å². The van der Waals surface area contributed by atoms with E-state index in [0.717, 1.165) is 19.3 Å². The fraction of sp³-hybridized carbons (Fsp3) is 0.727. The van der Waals surface area contributed by atoms with Crippen LogP contribution in [-0.2, 0) is 4.79 Å². The quantitative estimate of drug-likeness (QED) is 0.665. The monoisotopic (exact) mass is 181 g/mol. The lowest BCUT2D eigenvalue weighted by molar-refractivity contribution is -0.130. The van der Waals surface area contributed by atoms with Crippen molar-refractivity contribution in [3.05, 3.63) is 12.2 Å². The van der Waals surface area contributed by atoms with Crippen molar-refractivity contribution in [2.75, 3.05) is 0 Å². The first-order valence-corrected chi connectivity index (χ1v) is 5.02. The highest BCUT2D eigenvalue weighted by Crippen LogP contribution is 2.21. The number of hydrogen-bond acceptors (Lipinski definition) is 1. The average Bonchev–Trinajstić information content (AvgIpc) is 2.57. The summed E-state index contributed by atoms with van der Waals surface area (Å²) in [5, 5.41) is 3.07. The third kappa shape index (κ3) is 2.58. The van der Waals surface area contributed by atoms with Crippen LogP contribution in [0.15, 0.2) is 12.2 Å². The summed E-state index contributed by atoms with van der Waals surface area (Å²) in [6, 6.07) is 0.346. The molecule has 74 valence electrons. The minimum atomic E-state index is -0.220. The molecule has 0 bridgehead atoms.